The number of carbonyl (C=O) groups excluding carboxylic acids is 1. The van der Waals surface area contributed by atoms with Gasteiger partial charge in [-0.05, 0) is 42.6 Å². The summed E-state index contributed by atoms with van der Waals surface area (Å²) in [5, 5.41) is 7.62. The van der Waals surface area contributed by atoms with Gasteiger partial charge in [0.1, 0.15) is 4.90 Å². The van der Waals surface area contributed by atoms with E-state index in [0.29, 0.717) is 13.2 Å². The first kappa shape index (κ1) is 18.1. The lowest BCUT2D eigenvalue weighted by Gasteiger charge is -2.07. The molecule has 0 unspecified atom stereocenters. The number of sulfonamides is 1. The number of nitrogens with two attached hydrogens (primary N) is 1. The van der Waals surface area contributed by atoms with Gasteiger partial charge in [0.2, 0.25) is 10.0 Å². The number of ether oxygens (including phenoxy) is 1. The number of carbonyl (C=O) groups is 1. The number of hydrogen-bond acceptors (Lipinski definition) is 5. The minimum Gasteiger partial charge on any atom is -0.443 e. The summed E-state index contributed by atoms with van der Waals surface area (Å²) in [4.78, 5) is 11.5. The molecule has 1 amide bonds. The third-order valence-electron chi connectivity index (χ3n) is 2.49. The molecule has 0 aliphatic rings. The van der Waals surface area contributed by atoms with Crippen LogP contribution in [0.25, 0.3) is 0 Å². The molecule has 3 N–H and O–H groups in total. The summed E-state index contributed by atoms with van der Waals surface area (Å²) in [6, 6.07) is 1.09. The molecule has 0 aliphatic carbocycles. The van der Waals surface area contributed by atoms with Crippen LogP contribution in [0.5, 0.6) is 0 Å². The van der Waals surface area contributed by atoms with E-state index < -0.39 is 15.9 Å². The lowest BCUT2D eigenvalue weighted by Crippen LogP contribution is -2.24. The molecule has 9 heteroatoms. The average Bonchev–Trinajstić information content (AvgIpc) is 2.75. The lowest BCUT2D eigenvalue weighted by molar-refractivity contribution is 0.0753. The highest BCUT2D eigenvalue weighted by Crippen LogP contribution is 2.24. The van der Waals surface area contributed by atoms with Crippen molar-refractivity contribution in [1.82, 2.24) is 5.32 Å². The van der Waals surface area contributed by atoms with Crippen molar-refractivity contribution in [3.05, 3.63) is 16.5 Å². The van der Waals surface area contributed by atoms with Crippen molar-refractivity contribution in [1.29, 1.82) is 0 Å². The van der Waals surface area contributed by atoms with E-state index in [4.69, 9.17) is 14.3 Å². The van der Waals surface area contributed by atoms with E-state index in [9.17, 15) is 13.2 Å². The monoisotopic (exact) mass is 382 g/mol. The quantitative estimate of drug-likeness (QED) is 0.663. The van der Waals surface area contributed by atoms with Crippen molar-refractivity contribution in [2.75, 3.05) is 13.2 Å². The van der Waals surface area contributed by atoms with Crippen LogP contribution < -0.4 is 10.5 Å². The van der Waals surface area contributed by atoms with Crippen LogP contribution in [0, 0.1) is 0 Å². The molecule has 0 fully saturated rings. The Morgan fingerprint density at radius 3 is 2.67 bits per heavy atom. The molecule has 7 nitrogen and oxygen atoms in total. The topological polar surface area (TPSA) is 112 Å². The Balaban J connectivity index is 2.43. The van der Waals surface area contributed by atoms with Crippen molar-refractivity contribution in [2.45, 2.75) is 37.7 Å². The number of hydrogen-bond donors (Lipinski definition) is 2. The maximum Gasteiger partial charge on any atom is 0.287 e. The van der Waals surface area contributed by atoms with Gasteiger partial charge in [0.15, 0.2) is 10.4 Å². The molecule has 1 aromatic rings. The standard InChI is InChI=1S/C12H19BrN2O5S/c1-8(2)19-6-4-3-5-15-12(16)9-7-10(11(13)20-9)21(14,17)18/h7-8H,3-6H2,1-2H3,(H,15,16)(H2,14,17,18). The van der Waals surface area contributed by atoms with E-state index >= 15 is 0 Å². The van der Waals surface area contributed by atoms with Crippen molar-refractivity contribution >= 4 is 31.9 Å². The first-order valence-corrected chi connectivity index (χ1v) is 8.77. The highest BCUT2D eigenvalue weighted by Gasteiger charge is 2.21. The first-order chi connectivity index (χ1) is 9.71. The van der Waals surface area contributed by atoms with Gasteiger partial charge in [0.05, 0.1) is 6.10 Å². The second kappa shape index (κ2) is 7.92. The summed E-state index contributed by atoms with van der Waals surface area (Å²) in [5.74, 6) is -0.597. The second-order valence-electron chi connectivity index (χ2n) is 4.68. The van der Waals surface area contributed by atoms with Gasteiger partial charge in [-0.25, -0.2) is 13.6 Å². The third kappa shape index (κ3) is 6.16. The molecular formula is C12H19BrN2O5S. The molecule has 1 rings (SSSR count). The van der Waals surface area contributed by atoms with Crippen LogP contribution in [0.2, 0.25) is 0 Å². The zero-order valence-electron chi connectivity index (χ0n) is 11.9. The Bertz CT molecular complexity index is 582. The summed E-state index contributed by atoms with van der Waals surface area (Å²) in [5.41, 5.74) is 0. The van der Waals surface area contributed by atoms with E-state index in [0.717, 1.165) is 18.9 Å². The van der Waals surface area contributed by atoms with Gasteiger partial charge in [-0.3, -0.25) is 4.79 Å². The Hall–Kier alpha value is -0.900. The maximum absolute atomic E-state index is 11.8. The van der Waals surface area contributed by atoms with E-state index in [1.54, 1.807) is 0 Å². The molecule has 120 valence electrons. The van der Waals surface area contributed by atoms with Crippen LogP contribution in [-0.2, 0) is 14.8 Å². The van der Waals surface area contributed by atoms with Crippen LogP contribution in [0.3, 0.4) is 0 Å². The fourth-order valence-electron chi connectivity index (χ4n) is 1.49. The van der Waals surface area contributed by atoms with Gasteiger partial charge in [-0.2, -0.15) is 0 Å². The number of rotatable bonds is 8. The Morgan fingerprint density at radius 1 is 1.48 bits per heavy atom. The molecule has 21 heavy (non-hydrogen) atoms. The summed E-state index contributed by atoms with van der Waals surface area (Å²) >= 11 is 2.91. The Labute approximate surface area is 132 Å². The minimum atomic E-state index is -3.92. The van der Waals surface area contributed by atoms with Gasteiger partial charge in [0.25, 0.3) is 5.91 Å². The van der Waals surface area contributed by atoms with Crippen molar-refractivity contribution in [3.63, 3.8) is 0 Å². The Morgan fingerprint density at radius 2 is 2.14 bits per heavy atom. The predicted molar refractivity (Wildman–Crippen MR) is 80.4 cm³/mol. The van der Waals surface area contributed by atoms with Crippen LogP contribution in [0.15, 0.2) is 20.0 Å². The molecule has 0 spiro atoms. The number of nitrogens with one attached hydrogen (secondary N) is 1. The largest absolute Gasteiger partial charge is 0.443 e. The summed E-state index contributed by atoms with van der Waals surface area (Å²) in [6.45, 7) is 5.00. The fraction of sp³-hybridized carbons (Fsp3) is 0.583. The van der Waals surface area contributed by atoms with Crippen LogP contribution in [0.4, 0.5) is 0 Å². The van der Waals surface area contributed by atoms with E-state index in [2.05, 4.69) is 21.2 Å². The number of halogens is 1. The van der Waals surface area contributed by atoms with Crippen LogP contribution >= 0.6 is 15.9 Å². The van der Waals surface area contributed by atoms with Gasteiger partial charge < -0.3 is 14.5 Å². The van der Waals surface area contributed by atoms with E-state index in [-0.39, 0.29) is 21.4 Å². The summed E-state index contributed by atoms with van der Waals surface area (Å²) < 4.78 is 32.8. The zero-order valence-corrected chi connectivity index (χ0v) is 14.3. The number of furan rings is 1. The predicted octanol–water partition coefficient (Wildman–Crippen LogP) is 1.62. The molecule has 1 aromatic heterocycles. The molecule has 0 aromatic carbocycles. The Kier molecular flexibility index (Phi) is 6.85. The van der Waals surface area contributed by atoms with E-state index in [1.165, 1.54) is 0 Å². The molecule has 0 saturated heterocycles. The minimum absolute atomic E-state index is 0.0829. The van der Waals surface area contributed by atoms with Crippen LogP contribution in [-0.4, -0.2) is 33.6 Å². The summed E-state index contributed by atoms with van der Waals surface area (Å²) in [6.07, 6.45) is 1.77. The number of primary sulfonamides is 1. The van der Waals surface area contributed by atoms with Crippen molar-refractivity contribution in [2.24, 2.45) is 5.14 Å². The molecule has 0 saturated carbocycles. The normalized spacial score (nSPS) is 11.9. The van der Waals surface area contributed by atoms with Gasteiger partial charge in [0, 0.05) is 19.2 Å². The zero-order chi connectivity index (χ0) is 16.0. The van der Waals surface area contributed by atoms with Gasteiger partial charge in [-0.15, -0.1) is 0 Å². The highest BCUT2D eigenvalue weighted by atomic mass is 79.9. The SMILES string of the molecule is CC(C)OCCCCNC(=O)c1cc(S(N)(=O)=O)c(Br)o1. The second-order valence-corrected chi connectivity index (χ2v) is 6.93. The molecular weight excluding hydrogens is 364 g/mol. The number of amides is 1. The van der Waals surface area contributed by atoms with Gasteiger partial charge in [-0.1, -0.05) is 0 Å². The maximum atomic E-state index is 11.8. The highest BCUT2D eigenvalue weighted by molar-refractivity contribution is 9.10. The smallest absolute Gasteiger partial charge is 0.287 e. The molecule has 0 bridgehead atoms. The number of unbranched alkanes of at least 4 members (excludes halogenated alkanes) is 1. The van der Waals surface area contributed by atoms with Crippen molar-refractivity contribution < 1.29 is 22.4 Å². The van der Waals surface area contributed by atoms with Gasteiger partial charge >= 0.3 is 0 Å². The lowest BCUT2D eigenvalue weighted by atomic mass is 10.3. The van der Waals surface area contributed by atoms with Crippen molar-refractivity contribution in [3.8, 4) is 0 Å². The summed E-state index contributed by atoms with van der Waals surface area (Å²) in [7, 11) is -3.92. The molecule has 0 radical (unpaired) electrons. The van der Waals surface area contributed by atoms with Crippen LogP contribution in [0.1, 0.15) is 37.2 Å². The fourth-order valence-corrected chi connectivity index (χ4v) is 3.00. The van der Waals surface area contributed by atoms with E-state index in [1.807, 2.05) is 13.8 Å². The first-order valence-electron chi connectivity index (χ1n) is 6.43. The molecule has 0 atom stereocenters. The molecule has 0 aliphatic heterocycles. The third-order valence-corrected chi connectivity index (χ3v) is 4.26. The average molecular weight is 383 g/mol. The molecule has 1 heterocycles.